The fraction of sp³-hybridized carbons (Fsp3) is 0.562. The number of hydrogen-bond acceptors (Lipinski definition) is 2. The first-order chi connectivity index (χ1) is 9.68. The molecule has 0 fully saturated rings. The molecule has 0 amide bonds. The summed E-state index contributed by atoms with van der Waals surface area (Å²) >= 11 is 2.33. The summed E-state index contributed by atoms with van der Waals surface area (Å²) in [7, 11) is 0. The predicted molar refractivity (Wildman–Crippen MR) is 89.2 cm³/mol. The molecule has 1 N–H and O–H groups in total. The van der Waals surface area contributed by atoms with Crippen LogP contribution in [-0.4, -0.2) is 17.9 Å². The maximum atomic E-state index is 10.1. The Morgan fingerprint density at radius 2 is 1.50 bits per heavy atom. The Kier molecular flexibility index (Phi) is 9.45. The van der Waals surface area contributed by atoms with Crippen LogP contribution < -0.4 is 0 Å². The highest BCUT2D eigenvalue weighted by molar-refractivity contribution is 14.1. The molecule has 4 heteroatoms. The van der Waals surface area contributed by atoms with Gasteiger partial charge in [-0.05, 0) is 59.5 Å². The van der Waals surface area contributed by atoms with E-state index in [1.54, 1.807) is 0 Å². The van der Waals surface area contributed by atoms with Gasteiger partial charge in [0, 0.05) is 3.57 Å². The molecule has 3 nitrogen and oxygen atoms in total. The van der Waals surface area contributed by atoms with Gasteiger partial charge in [0.2, 0.25) is 0 Å². The van der Waals surface area contributed by atoms with E-state index in [0.29, 0.717) is 6.61 Å². The van der Waals surface area contributed by atoms with Crippen molar-refractivity contribution in [2.75, 3.05) is 6.61 Å². The van der Waals surface area contributed by atoms with E-state index in [1.807, 2.05) is 0 Å². The molecule has 0 heterocycles. The number of benzene rings is 1. The number of halogens is 1. The highest BCUT2D eigenvalue weighted by Crippen LogP contribution is 2.12. The minimum absolute atomic E-state index is 0.335. The van der Waals surface area contributed by atoms with Crippen LogP contribution in [0.25, 0.3) is 0 Å². The van der Waals surface area contributed by atoms with Gasteiger partial charge in [0.15, 0.2) is 0 Å². The number of hydrogen-bond donors (Lipinski definition) is 1. The van der Waals surface area contributed by atoms with E-state index in [0.717, 1.165) is 12.8 Å². The van der Waals surface area contributed by atoms with Crippen LogP contribution in [0, 0.1) is 3.57 Å². The zero-order chi connectivity index (χ0) is 14.6. The fourth-order valence-corrected chi connectivity index (χ4v) is 2.49. The van der Waals surface area contributed by atoms with E-state index < -0.39 is 6.16 Å². The quantitative estimate of drug-likeness (QED) is 0.337. The Labute approximate surface area is 134 Å². The highest BCUT2D eigenvalue weighted by atomic mass is 127. The Morgan fingerprint density at radius 1 is 0.950 bits per heavy atom. The first-order valence-corrected chi connectivity index (χ1v) is 8.36. The lowest BCUT2D eigenvalue weighted by Gasteiger charge is -2.03. The van der Waals surface area contributed by atoms with Crippen LogP contribution in [0.1, 0.15) is 50.5 Å². The van der Waals surface area contributed by atoms with Crippen molar-refractivity contribution >= 4 is 28.7 Å². The van der Waals surface area contributed by atoms with Crippen molar-refractivity contribution < 1.29 is 14.6 Å². The smallest absolute Gasteiger partial charge is 0.450 e. The Bertz CT molecular complexity index is 376. The Hall–Kier alpha value is -0.780. The van der Waals surface area contributed by atoms with Crippen LogP contribution in [0.5, 0.6) is 0 Å². The largest absolute Gasteiger partial charge is 0.505 e. The molecule has 0 unspecified atom stereocenters. The minimum Gasteiger partial charge on any atom is -0.450 e. The summed E-state index contributed by atoms with van der Waals surface area (Å²) in [4.78, 5) is 10.1. The van der Waals surface area contributed by atoms with Gasteiger partial charge in [0.05, 0.1) is 6.61 Å². The van der Waals surface area contributed by atoms with Gasteiger partial charge >= 0.3 is 6.16 Å². The van der Waals surface area contributed by atoms with Crippen LogP contribution in [0.15, 0.2) is 24.3 Å². The van der Waals surface area contributed by atoms with Gasteiger partial charge < -0.3 is 9.84 Å². The van der Waals surface area contributed by atoms with Crippen LogP contribution >= 0.6 is 22.6 Å². The maximum absolute atomic E-state index is 10.1. The molecule has 1 aromatic carbocycles. The summed E-state index contributed by atoms with van der Waals surface area (Å²) in [6, 6.07) is 8.75. The standard InChI is InChI=1S/C16H23IO3/c17-15-11-9-14(10-12-15)8-6-4-2-1-3-5-7-13-20-16(18)19/h9-12H,1-8,13H2,(H,18,19). The molecule has 0 bridgehead atoms. The monoisotopic (exact) mass is 390 g/mol. The SMILES string of the molecule is O=C(O)OCCCCCCCCCc1ccc(I)cc1. The van der Waals surface area contributed by atoms with Gasteiger partial charge in [-0.25, -0.2) is 4.79 Å². The van der Waals surface area contributed by atoms with Crippen molar-refractivity contribution in [3.63, 3.8) is 0 Å². The van der Waals surface area contributed by atoms with Crippen LogP contribution in [-0.2, 0) is 11.2 Å². The zero-order valence-electron chi connectivity index (χ0n) is 11.8. The summed E-state index contributed by atoms with van der Waals surface area (Å²) < 4.78 is 5.75. The molecule has 0 saturated carbocycles. The van der Waals surface area contributed by atoms with E-state index in [1.165, 1.54) is 47.7 Å². The molecule has 1 rings (SSSR count). The van der Waals surface area contributed by atoms with Crippen molar-refractivity contribution in [3.8, 4) is 0 Å². The first-order valence-electron chi connectivity index (χ1n) is 7.28. The van der Waals surface area contributed by atoms with Crippen molar-refractivity contribution in [2.45, 2.75) is 51.4 Å². The topological polar surface area (TPSA) is 46.5 Å². The van der Waals surface area contributed by atoms with Crippen molar-refractivity contribution in [1.82, 2.24) is 0 Å². The van der Waals surface area contributed by atoms with E-state index in [-0.39, 0.29) is 0 Å². The molecular weight excluding hydrogens is 367 g/mol. The van der Waals surface area contributed by atoms with Crippen LogP contribution in [0.2, 0.25) is 0 Å². The van der Waals surface area contributed by atoms with Gasteiger partial charge in [-0.3, -0.25) is 0 Å². The third-order valence-corrected chi connectivity index (χ3v) is 3.97. The highest BCUT2D eigenvalue weighted by Gasteiger charge is 1.97. The lowest BCUT2D eigenvalue weighted by atomic mass is 10.0. The van der Waals surface area contributed by atoms with E-state index in [4.69, 9.17) is 5.11 Å². The van der Waals surface area contributed by atoms with Gasteiger partial charge in [0.25, 0.3) is 0 Å². The molecule has 0 atom stereocenters. The number of ether oxygens (including phenoxy) is 1. The molecule has 20 heavy (non-hydrogen) atoms. The third-order valence-electron chi connectivity index (χ3n) is 3.25. The second kappa shape index (κ2) is 10.9. The maximum Gasteiger partial charge on any atom is 0.505 e. The summed E-state index contributed by atoms with van der Waals surface area (Å²) in [5.74, 6) is 0. The second-order valence-electron chi connectivity index (χ2n) is 4.97. The molecule has 0 aromatic heterocycles. The lowest BCUT2D eigenvalue weighted by molar-refractivity contribution is 0.0899. The molecule has 0 saturated heterocycles. The number of carboxylic acid groups (broad SMARTS) is 1. The molecular formula is C16H23IO3. The first kappa shape index (κ1) is 17.3. The van der Waals surface area contributed by atoms with Gasteiger partial charge in [-0.2, -0.15) is 0 Å². The summed E-state index contributed by atoms with van der Waals surface area (Å²) in [6.45, 7) is 0.335. The molecule has 0 aliphatic rings. The number of aryl methyl sites for hydroxylation is 1. The molecule has 0 aliphatic heterocycles. The normalized spacial score (nSPS) is 10.4. The van der Waals surface area contributed by atoms with Gasteiger partial charge in [0.1, 0.15) is 0 Å². The predicted octanol–water partition coefficient (Wildman–Crippen LogP) is 5.26. The fourth-order valence-electron chi connectivity index (χ4n) is 2.13. The summed E-state index contributed by atoms with van der Waals surface area (Å²) in [6.07, 6.45) is 8.11. The zero-order valence-corrected chi connectivity index (χ0v) is 14.0. The molecule has 0 aliphatic carbocycles. The Morgan fingerprint density at radius 3 is 2.10 bits per heavy atom. The van der Waals surface area contributed by atoms with Crippen molar-refractivity contribution in [3.05, 3.63) is 33.4 Å². The Balaban J connectivity index is 1.87. The third kappa shape index (κ3) is 9.18. The summed E-state index contributed by atoms with van der Waals surface area (Å²) in [5.41, 5.74) is 1.43. The van der Waals surface area contributed by atoms with Crippen LogP contribution in [0.3, 0.4) is 0 Å². The average molecular weight is 390 g/mol. The summed E-state index contributed by atoms with van der Waals surface area (Å²) in [5, 5.41) is 8.30. The van der Waals surface area contributed by atoms with Gasteiger partial charge in [-0.15, -0.1) is 0 Å². The molecule has 0 spiro atoms. The molecule has 0 radical (unpaired) electrons. The number of carbonyl (C=O) groups is 1. The number of rotatable bonds is 10. The van der Waals surface area contributed by atoms with E-state index in [2.05, 4.69) is 51.6 Å². The van der Waals surface area contributed by atoms with E-state index in [9.17, 15) is 4.79 Å². The van der Waals surface area contributed by atoms with Crippen LogP contribution in [0.4, 0.5) is 4.79 Å². The van der Waals surface area contributed by atoms with Crippen molar-refractivity contribution in [2.24, 2.45) is 0 Å². The average Bonchev–Trinajstić information content (AvgIpc) is 2.42. The molecule has 1 aromatic rings. The minimum atomic E-state index is -1.17. The van der Waals surface area contributed by atoms with E-state index >= 15 is 0 Å². The second-order valence-corrected chi connectivity index (χ2v) is 6.21. The molecule has 112 valence electrons. The lowest BCUT2D eigenvalue weighted by Crippen LogP contribution is -2.01. The van der Waals surface area contributed by atoms with Gasteiger partial charge in [-0.1, -0.05) is 44.2 Å². The van der Waals surface area contributed by atoms with Crippen molar-refractivity contribution in [1.29, 1.82) is 0 Å². The number of unbranched alkanes of at least 4 members (excludes halogenated alkanes) is 6.